The maximum Gasteiger partial charge on any atom is 0.260 e. The van der Waals surface area contributed by atoms with Gasteiger partial charge >= 0.3 is 0 Å². The highest BCUT2D eigenvalue weighted by molar-refractivity contribution is 5.77. The molecule has 0 bridgehead atoms. The fourth-order valence-corrected chi connectivity index (χ4v) is 2.62. The number of carbonyl (C=O) groups excluding carboxylic acids is 1. The van der Waals surface area contributed by atoms with Gasteiger partial charge in [-0.1, -0.05) is 0 Å². The number of hydrogen-bond acceptors (Lipinski definition) is 5. The number of likely N-dealkylation sites (tertiary alicyclic amines) is 1. The molecule has 0 spiro atoms. The van der Waals surface area contributed by atoms with Crippen LogP contribution in [0.15, 0.2) is 24.3 Å². The first-order valence-corrected chi connectivity index (χ1v) is 7.86. The zero-order valence-corrected chi connectivity index (χ0v) is 14.0. The number of piperidine rings is 1. The van der Waals surface area contributed by atoms with Crippen LogP contribution in [0.1, 0.15) is 19.8 Å². The van der Waals surface area contributed by atoms with Gasteiger partial charge in [0.1, 0.15) is 11.5 Å². The Balaban J connectivity index is 1.79. The highest BCUT2D eigenvalue weighted by Gasteiger charge is 2.35. The molecule has 1 amide bonds. The van der Waals surface area contributed by atoms with Gasteiger partial charge in [-0.3, -0.25) is 4.79 Å². The molecule has 0 saturated carbocycles. The summed E-state index contributed by atoms with van der Waals surface area (Å²) in [7, 11) is 3.27. The first kappa shape index (κ1) is 17.6. The van der Waals surface area contributed by atoms with E-state index >= 15 is 0 Å². The Kier molecular flexibility index (Phi) is 6.24. The van der Waals surface area contributed by atoms with Crippen LogP contribution in [0.4, 0.5) is 0 Å². The summed E-state index contributed by atoms with van der Waals surface area (Å²) in [6.45, 7) is 3.79. The topological polar surface area (TPSA) is 57.2 Å². The fourth-order valence-electron chi connectivity index (χ4n) is 2.62. The molecule has 1 saturated heterocycles. The molecule has 1 fully saturated rings. The molecular weight excluding hydrogens is 298 g/mol. The lowest BCUT2D eigenvalue weighted by Crippen LogP contribution is -2.49. The number of rotatable bonds is 7. The third-order valence-electron chi connectivity index (χ3n) is 4.12. The molecule has 6 nitrogen and oxygen atoms in total. The lowest BCUT2D eigenvalue weighted by atomic mass is 10.0. The SMILES string of the molecule is CCOc1ccc(OCC(=O)N2CCC(OC)(OC)CC2)cc1. The number of ether oxygens (including phenoxy) is 4. The van der Waals surface area contributed by atoms with Gasteiger partial charge in [-0.05, 0) is 31.2 Å². The third kappa shape index (κ3) is 4.59. The van der Waals surface area contributed by atoms with Crippen molar-refractivity contribution < 1.29 is 23.7 Å². The molecule has 1 aliphatic rings. The molecule has 1 aromatic carbocycles. The van der Waals surface area contributed by atoms with E-state index in [1.807, 2.05) is 19.1 Å². The average Bonchev–Trinajstić information content (AvgIpc) is 2.61. The van der Waals surface area contributed by atoms with E-state index in [1.54, 1.807) is 31.3 Å². The summed E-state index contributed by atoms with van der Waals surface area (Å²) in [6.07, 6.45) is 1.32. The molecule has 0 aromatic heterocycles. The second-order valence-electron chi connectivity index (χ2n) is 5.39. The van der Waals surface area contributed by atoms with Crippen molar-refractivity contribution in [1.29, 1.82) is 0 Å². The molecular formula is C17H25NO5. The van der Waals surface area contributed by atoms with E-state index in [4.69, 9.17) is 18.9 Å². The van der Waals surface area contributed by atoms with E-state index in [0.717, 1.165) is 5.75 Å². The number of hydrogen-bond donors (Lipinski definition) is 0. The summed E-state index contributed by atoms with van der Waals surface area (Å²) < 4.78 is 21.7. The van der Waals surface area contributed by atoms with E-state index < -0.39 is 5.79 Å². The minimum atomic E-state index is -0.563. The minimum absolute atomic E-state index is 0.0281. The highest BCUT2D eigenvalue weighted by atomic mass is 16.7. The number of carbonyl (C=O) groups is 1. The van der Waals surface area contributed by atoms with Crippen molar-refractivity contribution in [1.82, 2.24) is 4.90 Å². The Bertz CT molecular complexity index is 488. The molecule has 0 radical (unpaired) electrons. The molecule has 0 atom stereocenters. The lowest BCUT2D eigenvalue weighted by Gasteiger charge is -2.39. The monoisotopic (exact) mass is 323 g/mol. The van der Waals surface area contributed by atoms with Crippen LogP contribution >= 0.6 is 0 Å². The number of benzene rings is 1. The highest BCUT2D eigenvalue weighted by Crippen LogP contribution is 2.26. The first-order chi connectivity index (χ1) is 11.1. The summed E-state index contributed by atoms with van der Waals surface area (Å²) in [5, 5.41) is 0. The van der Waals surface area contributed by atoms with E-state index in [-0.39, 0.29) is 12.5 Å². The van der Waals surface area contributed by atoms with Gasteiger partial charge in [0, 0.05) is 40.2 Å². The van der Waals surface area contributed by atoms with Crippen molar-refractivity contribution in [3.63, 3.8) is 0 Å². The summed E-state index contributed by atoms with van der Waals surface area (Å²) in [4.78, 5) is 14.0. The fraction of sp³-hybridized carbons (Fsp3) is 0.588. The van der Waals surface area contributed by atoms with E-state index in [1.165, 1.54) is 0 Å². The molecule has 0 N–H and O–H groups in total. The average molecular weight is 323 g/mol. The second kappa shape index (κ2) is 8.17. The van der Waals surface area contributed by atoms with Crippen molar-refractivity contribution >= 4 is 5.91 Å². The zero-order chi connectivity index (χ0) is 16.7. The molecule has 6 heteroatoms. The van der Waals surface area contributed by atoms with Crippen LogP contribution < -0.4 is 9.47 Å². The van der Waals surface area contributed by atoms with Crippen molar-refractivity contribution in [3.8, 4) is 11.5 Å². The van der Waals surface area contributed by atoms with Crippen LogP contribution in [0.25, 0.3) is 0 Å². The predicted molar refractivity (Wildman–Crippen MR) is 85.7 cm³/mol. The Hall–Kier alpha value is -1.79. The molecule has 0 unspecified atom stereocenters. The smallest absolute Gasteiger partial charge is 0.260 e. The normalized spacial score (nSPS) is 16.9. The van der Waals surface area contributed by atoms with Gasteiger partial charge in [0.25, 0.3) is 5.91 Å². The van der Waals surface area contributed by atoms with Crippen LogP contribution in [-0.2, 0) is 14.3 Å². The Labute approximate surface area is 137 Å². The second-order valence-corrected chi connectivity index (χ2v) is 5.39. The Morgan fingerprint density at radius 1 is 1.04 bits per heavy atom. The summed E-state index contributed by atoms with van der Waals surface area (Å²) in [5.74, 6) is 0.853. The van der Waals surface area contributed by atoms with Crippen molar-refractivity contribution in [2.75, 3.05) is 40.5 Å². The number of methoxy groups -OCH3 is 2. The maximum atomic E-state index is 12.2. The lowest BCUT2D eigenvalue weighted by molar-refractivity contribution is -0.228. The van der Waals surface area contributed by atoms with Crippen LogP contribution in [-0.4, -0.2) is 57.1 Å². The number of nitrogens with zero attached hydrogens (tertiary/aromatic N) is 1. The largest absolute Gasteiger partial charge is 0.494 e. The number of amides is 1. The van der Waals surface area contributed by atoms with Crippen molar-refractivity contribution in [3.05, 3.63) is 24.3 Å². The molecule has 1 heterocycles. The Morgan fingerprint density at radius 3 is 2.04 bits per heavy atom. The van der Waals surface area contributed by atoms with Gasteiger partial charge in [-0.15, -0.1) is 0 Å². The van der Waals surface area contributed by atoms with Crippen molar-refractivity contribution in [2.24, 2.45) is 0 Å². The standard InChI is InChI=1S/C17H25NO5/c1-4-22-14-5-7-15(8-6-14)23-13-16(19)18-11-9-17(20-2,21-3)10-12-18/h5-8H,4,9-13H2,1-3H3. The summed E-state index contributed by atoms with van der Waals surface area (Å²) in [6, 6.07) is 7.26. The van der Waals surface area contributed by atoms with Gasteiger partial charge in [0.2, 0.25) is 0 Å². The predicted octanol–water partition coefficient (Wildman–Crippen LogP) is 2.08. The van der Waals surface area contributed by atoms with E-state index in [2.05, 4.69) is 0 Å². The van der Waals surface area contributed by atoms with Crippen LogP contribution in [0.3, 0.4) is 0 Å². The van der Waals surface area contributed by atoms with E-state index in [0.29, 0.717) is 38.3 Å². The van der Waals surface area contributed by atoms with Crippen molar-refractivity contribution in [2.45, 2.75) is 25.6 Å². The molecule has 23 heavy (non-hydrogen) atoms. The Morgan fingerprint density at radius 2 is 1.57 bits per heavy atom. The zero-order valence-electron chi connectivity index (χ0n) is 14.0. The van der Waals surface area contributed by atoms with Gasteiger partial charge in [0.15, 0.2) is 12.4 Å². The van der Waals surface area contributed by atoms with E-state index in [9.17, 15) is 4.79 Å². The molecule has 2 rings (SSSR count). The molecule has 1 aliphatic heterocycles. The van der Waals surface area contributed by atoms with Gasteiger partial charge in [0.05, 0.1) is 6.61 Å². The third-order valence-corrected chi connectivity index (χ3v) is 4.12. The van der Waals surface area contributed by atoms with Crippen LogP contribution in [0, 0.1) is 0 Å². The summed E-state index contributed by atoms with van der Waals surface area (Å²) in [5.41, 5.74) is 0. The quantitative estimate of drug-likeness (QED) is 0.719. The van der Waals surface area contributed by atoms with Gasteiger partial charge in [-0.2, -0.15) is 0 Å². The molecule has 128 valence electrons. The van der Waals surface area contributed by atoms with Crippen LogP contribution in [0.2, 0.25) is 0 Å². The van der Waals surface area contributed by atoms with Gasteiger partial charge in [-0.25, -0.2) is 0 Å². The van der Waals surface area contributed by atoms with Crippen LogP contribution in [0.5, 0.6) is 11.5 Å². The first-order valence-electron chi connectivity index (χ1n) is 7.86. The summed E-state index contributed by atoms with van der Waals surface area (Å²) >= 11 is 0. The minimum Gasteiger partial charge on any atom is -0.494 e. The molecule has 0 aliphatic carbocycles. The maximum absolute atomic E-state index is 12.2. The molecule has 1 aromatic rings. The van der Waals surface area contributed by atoms with Gasteiger partial charge < -0.3 is 23.8 Å².